The van der Waals surface area contributed by atoms with Crippen LogP contribution in [0.1, 0.15) is 23.8 Å². The number of hydrogen-bond acceptors (Lipinski definition) is 5. The fraction of sp³-hybridized carbons (Fsp3) is 0.250. The standard InChI is InChI=1S/C20H15F4N3O3/c1-11-8-14(4-7-16(11)21)27-10-13(9-17(27)28)19-25-18(26-30-19)12-2-5-15(6-3-12)29-20(22,23)24/h2-8,13H,9-10H2,1H3. The molecule has 6 nitrogen and oxygen atoms in total. The van der Waals surface area contributed by atoms with E-state index in [4.69, 9.17) is 4.52 Å². The summed E-state index contributed by atoms with van der Waals surface area (Å²) in [5, 5.41) is 3.86. The summed E-state index contributed by atoms with van der Waals surface area (Å²) < 4.78 is 59.4. The molecule has 1 aliphatic rings. The highest BCUT2D eigenvalue weighted by atomic mass is 19.4. The van der Waals surface area contributed by atoms with Crippen LogP contribution in [0.3, 0.4) is 0 Å². The molecule has 30 heavy (non-hydrogen) atoms. The summed E-state index contributed by atoms with van der Waals surface area (Å²) in [5.74, 6) is -0.782. The van der Waals surface area contributed by atoms with Crippen molar-refractivity contribution in [1.29, 1.82) is 0 Å². The molecule has 1 amide bonds. The zero-order valence-electron chi connectivity index (χ0n) is 15.6. The normalized spacial score (nSPS) is 16.9. The number of hydrogen-bond donors (Lipinski definition) is 0. The Bertz CT molecular complexity index is 1080. The van der Waals surface area contributed by atoms with Crippen LogP contribution < -0.4 is 9.64 Å². The number of benzene rings is 2. The first-order chi connectivity index (χ1) is 14.2. The van der Waals surface area contributed by atoms with Gasteiger partial charge in [0.05, 0.1) is 5.92 Å². The van der Waals surface area contributed by atoms with Gasteiger partial charge in [-0.3, -0.25) is 4.79 Å². The third kappa shape index (κ3) is 4.12. The van der Waals surface area contributed by atoms with Gasteiger partial charge in [-0.25, -0.2) is 4.39 Å². The average Bonchev–Trinajstić information content (AvgIpc) is 3.30. The molecule has 10 heteroatoms. The molecule has 0 spiro atoms. The molecule has 2 aromatic carbocycles. The van der Waals surface area contributed by atoms with Gasteiger partial charge in [0.2, 0.25) is 17.6 Å². The molecule has 2 heterocycles. The van der Waals surface area contributed by atoms with Gasteiger partial charge in [-0.05, 0) is 55.0 Å². The summed E-state index contributed by atoms with van der Waals surface area (Å²) in [5.41, 5.74) is 1.46. The molecule has 1 unspecified atom stereocenters. The molecule has 3 aromatic rings. The van der Waals surface area contributed by atoms with Crippen molar-refractivity contribution in [3.05, 3.63) is 59.7 Å². The molecule has 156 valence electrons. The maximum absolute atomic E-state index is 13.5. The van der Waals surface area contributed by atoms with Gasteiger partial charge in [0.15, 0.2) is 0 Å². The van der Waals surface area contributed by atoms with E-state index in [-0.39, 0.29) is 41.5 Å². The van der Waals surface area contributed by atoms with Crippen molar-refractivity contribution in [3.8, 4) is 17.1 Å². The SMILES string of the molecule is Cc1cc(N2CC(c3nc(-c4ccc(OC(F)(F)F)cc4)no3)CC2=O)ccc1F. The third-order valence-corrected chi connectivity index (χ3v) is 4.72. The lowest BCUT2D eigenvalue weighted by molar-refractivity contribution is -0.274. The first-order valence-corrected chi connectivity index (χ1v) is 8.96. The molecule has 1 fully saturated rings. The molecule has 1 aliphatic heterocycles. The van der Waals surface area contributed by atoms with Crippen LogP contribution in [0.5, 0.6) is 5.75 Å². The van der Waals surface area contributed by atoms with Gasteiger partial charge in [0.1, 0.15) is 11.6 Å². The number of nitrogens with zero attached hydrogens (tertiary/aromatic N) is 3. The van der Waals surface area contributed by atoms with E-state index in [1.807, 2.05) is 0 Å². The Kier molecular flexibility index (Phi) is 4.92. The van der Waals surface area contributed by atoms with Gasteiger partial charge in [-0.2, -0.15) is 4.98 Å². The molecule has 0 bridgehead atoms. The van der Waals surface area contributed by atoms with Crippen LogP contribution in [-0.2, 0) is 4.79 Å². The van der Waals surface area contributed by atoms with E-state index in [0.717, 1.165) is 12.1 Å². The molecular weight excluding hydrogens is 406 g/mol. The first-order valence-electron chi connectivity index (χ1n) is 8.96. The topological polar surface area (TPSA) is 68.5 Å². The van der Waals surface area contributed by atoms with Crippen LogP contribution in [0.2, 0.25) is 0 Å². The number of amides is 1. The second-order valence-electron chi connectivity index (χ2n) is 6.87. The predicted molar refractivity (Wildman–Crippen MR) is 97.3 cm³/mol. The Morgan fingerprint density at radius 2 is 1.90 bits per heavy atom. The lowest BCUT2D eigenvalue weighted by Gasteiger charge is -2.16. The molecule has 0 saturated carbocycles. The summed E-state index contributed by atoms with van der Waals surface area (Å²) in [4.78, 5) is 18.2. The molecular formula is C20H15F4N3O3. The minimum Gasteiger partial charge on any atom is -0.406 e. The third-order valence-electron chi connectivity index (χ3n) is 4.72. The van der Waals surface area contributed by atoms with Crippen molar-refractivity contribution in [3.63, 3.8) is 0 Å². The molecule has 0 aliphatic carbocycles. The Hall–Kier alpha value is -3.43. The number of rotatable bonds is 4. The van der Waals surface area contributed by atoms with Crippen molar-refractivity contribution in [1.82, 2.24) is 10.1 Å². The highest BCUT2D eigenvalue weighted by Gasteiger charge is 2.35. The highest BCUT2D eigenvalue weighted by molar-refractivity contribution is 5.96. The number of aryl methyl sites for hydroxylation is 1. The minimum absolute atomic E-state index is 0.149. The second-order valence-corrected chi connectivity index (χ2v) is 6.87. The minimum atomic E-state index is -4.77. The summed E-state index contributed by atoms with van der Waals surface area (Å²) in [6.45, 7) is 1.91. The first kappa shape index (κ1) is 19.9. The van der Waals surface area contributed by atoms with Gasteiger partial charge >= 0.3 is 6.36 Å². The quantitative estimate of drug-likeness (QED) is 0.576. The molecule has 0 radical (unpaired) electrons. The Labute approximate surface area is 168 Å². The number of carbonyl (C=O) groups is 1. The number of carbonyl (C=O) groups excluding carboxylic acids is 1. The second kappa shape index (κ2) is 7.43. The Balaban J connectivity index is 1.49. The van der Waals surface area contributed by atoms with Crippen LogP contribution in [-0.4, -0.2) is 29.0 Å². The lowest BCUT2D eigenvalue weighted by Crippen LogP contribution is -2.24. The predicted octanol–water partition coefficient (Wildman–Crippen LogP) is 4.60. The summed E-state index contributed by atoms with van der Waals surface area (Å²) in [6.07, 6.45) is -4.62. The number of aromatic nitrogens is 2. The Morgan fingerprint density at radius 3 is 2.57 bits per heavy atom. The van der Waals surface area contributed by atoms with E-state index in [0.29, 0.717) is 23.4 Å². The van der Waals surface area contributed by atoms with Crippen molar-refractivity contribution in [2.75, 3.05) is 11.4 Å². The monoisotopic (exact) mass is 421 g/mol. The molecule has 1 aromatic heterocycles. The maximum atomic E-state index is 13.5. The summed E-state index contributed by atoms with van der Waals surface area (Å²) in [6, 6.07) is 9.49. The van der Waals surface area contributed by atoms with E-state index < -0.39 is 6.36 Å². The van der Waals surface area contributed by atoms with Crippen LogP contribution in [0.15, 0.2) is 47.0 Å². The zero-order valence-corrected chi connectivity index (χ0v) is 15.6. The molecule has 4 rings (SSSR count). The van der Waals surface area contributed by atoms with Crippen LogP contribution in [0.4, 0.5) is 23.2 Å². The van der Waals surface area contributed by atoms with Crippen LogP contribution in [0, 0.1) is 12.7 Å². The van der Waals surface area contributed by atoms with E-state index in [1.54, 1.807) is 13.0 Å². The van der Waals surface area contributed by atoms with Gasteiger partial charge in [0, 0.05) is 24.2 Å². The Morgan fingerprint density at radius 1 is 1.17 bits per heavy atom. The maximum Gasteiger partial charge on any atom is 0.573 e. The van der Waals surface area contributed by atoms with E-state index in [9.17, 15) is 22.4 Å². The largest absolute Gasteiger partial charge is 0.573 e. The molecule has 0 N–H and O–H groups in total. The van der Waals surface area contributed by atoms with E-state index in [2.05, 4.69) is 14.9 Å². The van der Waals surface area contributed by atoms with E-state index in [1.165, 1.54) is 29.2 Å². The number of anilines is 1. The van der Waals surface area contributed by atoms with Crippen molar-refractivity contribution in [2.24, 2.45) is 0 Å². The van der Waals surface area contributed by atoms with Gasteiger partial charge in [-0.1, -0.05) is 5.16 Å². The van der Waals surface area contributed by atoms with Crippen molar-refractivity contribution in [2.45, 2.75) is 25.6 Å². The number of alkyl halides is 3. The van der Waals surface area contributed by atoms with Crippen molar-refractivity contribution < 1.29 is 31.6 Å². The summed E-state index contributed by atoms with van der Waals surface area (Å²) >= 11 is 0. The van der Waals surface area contributed by atoms with Gasteiger partial charge in [0.25, 0.3) is 0 Å². The van der Waals surface area contributed by atoms with Gasteiger partial charge < -0.3 is 14.2 Å². The van der Waals surface area contributed by atoms with Crippen LogP contribution >= 0.6 is 0 Å². The molecule has 1 saturated heterocycles. The summed E-state index contributed by atoms with van der Waals surface area (Å²) in [7, 11) is 0. The van der Waals surface area contributed by atoms with Gasteiger partial charge in [-0.15, -0.1) is 13.2 Å². The fourth-order valence-electron chi connectivity index (χ4n) is 3.24. The number of ether oxygens (including phenoxy) is 1. The average molecular weight is 421 g/mol. The highest BCUT2D eigenvalue weighted by Crippen LogP contribution is 2.33. The van der Waals surface area contributed by atoms with Crippen molar-refractivity contribution >= 4 is 11.6 Å². The fourth-order valence-corrected chi connectivity index (χ4v) is 3.24. The lowest BCUT2D eigenvalue weighted by atomic mass is 10.1. The zero-order chi connectivity index (χ0) is 21.5. The molecule has 1 atom stereocenters. The van der Waals surface area contributed by atoms with Crippen LogP contribution in [0.25, 0.3) is 11.4 Å². The number of halogens is 4. The van der Waals surface area contributed by atoms with E-state index >= 15 is 0 Å². The smallest absolute Gasteiger partial charge is 0.406 e.